The van der Waals surface area contributed by atoms with Crippen LogP contribution < -0.4 is 10.6 Å². The van der Waals surface area contributed by atoms with Crippen LogP contribution in [0.1, 0.15) is 43.8 Å². The van der Waals surface area contributed by atoms with E-state index in [1.807, 2.05) is 18.2 Å². The number of aromatic amines is 1. The first-order chi connectivity index (χ1) is 10.3. The van der Waals surface area contributed by atoms with Crippen LogP contribution in [0.5, 0.6) is 0 Å². The summed E-state index contributed by atoms with van der Waals surface area (Å²) in [7, 11) is 0. The third-order valence-electron chi connectivity index (χ3n) is 4.64. The van der Waals surface area contributed by atoms with Gasteiger partial charge >= 0.3 is 0 Å². The van der Waals surface area contributed by atoms with Crippen LogP contribution in [0, 0.1) is 0 Å². The minimum Gasteiger partial charge on any atom is -0.342 e. The lowest BCUT2D eigenvalue weighted by atomic mass is 9.85. The van der Waals surface area contributed by atoms with E-state index >= 15 is 0 Å². The number of H-pyrrole nitrogens is 1. The van der Waals surface area contributed by atoms with Gasteiger partial charge < -0.3 is 15.6 Å². The third-order valence-corrected chi connectivity index (χ3v) is 4.64. The number of anilines is 1. The van der Waals surface area contributed by atoms with Crippen molar-refractivity contribution in [3.8, 4) is 0 Å². The van der Waals surface area contributed by atoms with Crippen LogP contribution >= 0.6 is 24.8 Å². The molecular weight excluding hydrogens is 335 g/mol. The maximum absolute atomic E-state index is 12.1. The van der Waals surface area contributed by atoms with Gasteiger partial charge in [-0.1, -0.05) is 6.42 Å². The quantitative estimate of drug-likeness (QED) is 0.789. The first-order valence-corrected chi connectivity index (χ1v) is 7.83. The number of fused-ring (bicyclic) bond motifs is 1. The molecule has 4 rings (SSSR count). The number of carbonyl (C=O) groups excluding carboxylic acids is 1. The first kappa shape index (κ1) is 18.0. The van der Waals surface area contributed by atoms with Gasteiger partial charge in [-0.2, -0.15) is 0 Å². The van der Waals surface area contributed by atoms with Gasteiger partial charge in [-0.15, -0.1) is 24.8 Å². The Morgan fingerprint density at radius 3 is 2.65 bits per heavy atom. The van der Waals surface area contributed by atoms with Gasteiger partial charge in [0.25, 0.3) is 0 Å². The Morgan fingerprint density at radius 1 is 1.17 bits per heavy atom. The van der Waals surface area contributed by atoms with Crippen molar-refractivity contribution < 1.29 is 4.79 Å². The molecule has 1 amide bonds. The molecule has 3 N–H and O–H groups in total. The normalized spacial score (nSPS) is 20.4. The minimum atomic E-state index is -0.0481. The number of aromatic nitrogens is 2. The number of hydrogen-bond acceptors (Lipinski definition) is 3. The van der Waals surface area contributed by atoms with E-state index in [1.165, 1.54) is 19.3 Å². The number of nitrogens with one attached hydrogen (secondary N) is 3. The summed E-state index contributed by atoms with van der Waals surface area (Å²) in [6.45, 7) is 0.933. The Morgan fingerprint density at radius 2 is 2.00 bits per heavy atom. The SMILES string of the molecule is Cl.Cl.O=C(Nc1ccc2nc(C3CCC3)[nH]c2c1)C1CCCN1. The Labute approximate surface area is 147 Å². The van der Waals surface area contributed by atoms with Crippen molar-refractivity contribution in [2.24, 2.45) is 0 Å². The Balaban J connectivity index is 0.000000960. The smallest absolute Gasteiger partial charge is 0.241 e. The van der Waals surface area contributed by atoms with Crippen molar-refractivity contribution in [2.75, 3.05) is 11.9 Å². The molecule has 2 aliphatic rings. The molecule has 2 heterocycles. The summed E-state index contributed by atoms with van der Waals surface area (Å²) < 4.78 is 0. The largest absolute Gasteiger partial charge is 0.342 e. The molecule has 0 radical (unpaired) electrons. The summed E-state index contributed by atoms with van der Waals surface area (Å²) in [6, 6.07) is 5.84. The van der Waals surface area contributed by atoms with E-state index in [2.05, 4.69) is 20.6 Å². The van der Waals surface area contributed by atoms with E-state index < -0.39 is 0 Å². The van der Waals surface area contributed by atoms with E-state index in [0.717, 1.165) is 41.9 Å². The van der Waals surface area contributed by atoms with Gasteiger partial charge in [0.2, 0.25) is 5.91 Å². The van der Waals surface area contributed by atoms with Crippen LogP contribution in [-0.2, 0) is 4.79 Å². The number of carbonyl (C=O) groups is 1. The minimum absolute atomic E-state index is 0. The van der Waals surface area contributed by atoms with Crippen LogP contribution in [0.25, 0.3) is 11.0 Å². The second kappa shape index (κ2) is 7.51. The summed E-state index contributed by atoms with van der Waals surface area (Å²) in [5.41, 5.74) is 2.83. The fourth-order valence-corrected chi connectivity index (χ4v) is 3.12. The average molecular weight is 357 g/mol. The molecule has 5 nitrogen and oxygen atoms in total. The highest BCUT2D eigenvalue weighted by molar-refractivity contribution is 5.96. The van der Waals surface area contributed by atoms with E-state index in [9.17, 15) is 4.79 Å². The maximum Gasteiger partial charge on any atom is 0.241 e. The average Bonchev–Trinajstić information content (AvgIpc) is 3.04. The summed E-state index contributed by atoms with van der Waals surface area (Å²) in [5.74, 6) is 1.75. The van der Waals surface area contributed by atoms with Gasteiger partial charge in [0.15, 0.2) is 0 Å². The van der Waals surface area contributed by atoms with Crippen LogP contribution in [0.3, 0.4) is 0 Å². The molecule has 2 fully saturated rings. The fourth-order valence-electron chi connectivity index (χ4n) is 3.12. The van der Waals surface area contributed by atoms with Gasteiger partial charge in [0, 0.05) is 11.6 Å². The van der Waals surface area contributed by atoms with Crippen LogP contribution in [-0.4, -0.2) is 28.5 Å². The van der Waals surface area contributed by atoms with Gasteiger partial charge in [-0.05, 0) is 50.4 Å². The number of hydrogen-bond donors (Lipinski definition) is 3. The third kappa shape index (κ3) is 3.62. The van der Waals surface area contributed by atoms with Gasteiger partial charge in [-0.3, -0.25) is 4.79 Å². The molecule has 1 aliphatic heterocycles. The summed E-state index contributed by atoms with van der Waals surface area (Å²) >= 11 is 0. The molecule has 7 heteroatoms. The highest BCUT2D eigenvalue weighted by Crippen LogP contribution is 2.35. The van der Waals surface area contributed by atoms with Crippen molar-refractivity contribution in [3.05, 3.63) is 24.0 Å². The predicted molar refractivity (Wildman–Crippen MR) is 96.8 cm³/mol. The van der Waals surface area contributed by atoms with Crippen molar-refractivity contribution in [2.45, 2.75) is 44.1 Å². The number of rotatable bonds is 3. The lowest BCUT2D eigenvalue weighted by molar-refractivity contribution is -0.117. The van der Waals surface area contributed by atoms with E-state index in [1.54, 1.807) is 0 Å². The molecule has 1 saturated carbocycles. The molecule has 1 aliphatic carbocycles. The molecule has 1 aromatic carbocycles. The van der Waals surface area contributed by atoms with Gasteiger partial charge in [0.1, 0.15) is 5.82 Å². The number of amides is 1. The molecule has 23 heavy (non-hydrogen) atoms. The van der Waals surface area contributed by atoms with E-state index in [0.29, 0.717) is 5.92 Å². The standard InChI is InChI=1S/C16H20N4O.2ClH/c21-16(13-5-2-8-17-13)18-11-6-7-12-14(9-11)20-15(19-12)10-3-1-4-10;;/h6-7,9-10,13,17H,1-5,8H2,(H,18,21)(H,19,20);2*1H. The summed E-state index contributed by atoms with van der Waals surface area (Å²) in [5, 5.41) is 6.21. The number of nitrogens with zero attached hydrogens (tertiary/aromatic N) is 1. The molecule has 1 saturated heterocycles. The monoisotopic (exact) mass is 356 g/mol. The topological polar surface area (TPSA) is 69.8 Å². The zero-order valence-electron chi connectivity index (χ0n) is 12.8. The molecule has 0 bridgehead atoms. The number of halogens is 2. The lowest BCUT2D eigenvalue weighted by Crippen LogP contribution is -2.35. The van der Waals surface area contributed by atoms with Crippen molar-refractivity contribution in [3.63, 3.8) is 0 Å². The fraction of sp³-hybridized carbons (Fsp3) is 0.500. The molecule has 1 aromatic heterocycles. The van der Waals surface area contributed by atoms with Crippen molar-refractivity contribution in [1.82, 2.24) is 15.3 Å². The van der Waals surface area contributed by atoms with Crippen molar-refractivity contribution >= 4 is 47.4 Å². The highest BCUT2D eigenvalue weighted by atomic mass is 35.5. The van der Waals surface area contributed by atoms with Gasteiger partial charge in [0.05, 0.1) is 17.1 Å². The molecule has 1 unspecified atom stereocenters. The Hall–Kier alpha value is -1.30. The van der Waals surface area contributed by atoms with E-state index in [4.69, 9.17) is 0 Å². The maximum atomic E-state index is 12.1. The molecular formula is C16H22Cl2N4O. The van der Waals surface area contributed by atoms with Crippen LogP contribution in [0.15, 0.2) is 18.2 Å². The predicted octanol–water partition coefficient (Wildman–Crippen LogP) is 3.36. The number of benzene rings is 1. The zero-order valence-corrected chi connectivity index (χ0v) is 14.4. The Kier molecular flexibility index (Phi) is 5.89. The van der Waals surface area contributed by atoms with Crippen molar-refractivity contribution in [1.29, 1.82) is 0 Å². The van der Waals surface area contributed by atoms with Crippen LogP contribution in [0.2, 0.25) is 0 Å². The Bertz CT molecular complexity index is 678. The number of imidazole rings is 1. The lowest BCUT2D eigenvalue weighted by Gasteiger charge is -2.22. The molecule has 126 valence electrons. The van der Waals surface area contributed by atoms with Crippen LogP contribution in [0.4, 0.5) is 5.69 Å². The second-order valence-electron chi connectivity index (χ2n) is 6.12. The molecule has 1 atom stereocenters. The second-order valence-corrected chi connectivity index (χ2v) is 6.12. The molecule has 2 aromatic rings. The zero-order chi connectivity index (χ0) is 14.2. The van der Waals surface area contributed by atoms with Gasteiger partial charge in [-0.25, -0.2) is 4.98 Å². The summed E-state index contributed by atoms with van der Waals surface area (Å²) in [4.78, 5) is 20.2. The highest BCUT2D eigenvalue weighted by Gasteiger charge is 2.23. The molecule has 0 spiro atoms. The first-order valence-electron chi connectivity index (χ1n) is 7.83. The summed E-state index contributed by atoms with van der Waals surface area (Å²) in [6.07, 6.45) is 5.76. The van der Waals surface area contributed by atoms with E-state index in [-0.39, 0.29) is 36.8 Å².